The Labute approximate surface area is 224 Å². The summed E-state index contributed by atoms with van der Waals surface area (Å²) in [7, 11) is 0. The standard InChI is InChI=1S/C26H37F5N6O2/c1-24(2,3)39-23(38)36-22(16-6-8-25(27,28)9-7-16)19-14-37-20(35-19)10-17(12-34-37)21(15-4-5-15)33-13-18(32)11-26(29,30)31/h10,12,14-16,18,21-22,33H,4-9,11,13,32H2,1-3H3,(H,36,38)/t18-,21?,22+/m1/s1. The van der Waals surface area contributed by atoms with Crippen LogP contribution in [0.25, 0.3) is 5.65 Å². The van der Waals surface area contributed by atoms with E-state index < -0.39 is 42.3 Å². The van der Waals surface area contributed by atoms with Crippen molar-refractivity contribution in [1.29, 1.82) is 0 Å². The monoisotopic (exact) mass is 560 g/mol. The van der Waals surface area contributed by atoms with Gasteiger partial charge in [0.25, 0.3) is 0 Å². The lowest BCUT2D eigenvalue weighted by molar-refractivity contribution is -0.138. The van der Waals surface area contributed by atoms with Crippen molar-refractivity contribution in [2.45, 2.75) is 102 Å². The van der Waals surface area contributed by atoms with E-state index in [4.69, 9.17) is 10.5 Å². The average molecular weight is 561 g/mol. The number of alkyl halides is 5. The number of fused-ring (bicyclic) bond motifs is 1. The first kappa shape index (κ1) is 29.4. The number of amides is 1. The predicted molar refractivity (Wildman–Crippen MR) is 134 cm³/mol. The summed E-state index contributed by atoms with van der Waals surface area (Å²) < 4.78 is 72.8. The maximum absolute atomic E-state index is 13.9. The number of nitrogens with zero attached hydrogens (tertiary/aromatic N) is 3. The Hall–Kier alpha value is -2.54. The maximum atomic E-state index is 13.9. The van der Waals surface area contributed by atoms with Crippen LogP contribution >= 0.6 is 0 Å². The highest BCUT2D eigenvalue weighted by atomic mass is 19.4. The molecule has 1 unspecified atom stereocenters. The Morgan fingerprint density at radius 2 is 1.79 bits per heavy atom. The second-order valence-electron chi connectivity index (χ2n) is 11.9. The minimum atomic E-state index is -4.33. The quantitative estimate of drug-likeness (QED) is 0.353. The van der Waals surface area contributed by atoms with Crippen LogP contribution in [-0.4, -0.2) is 51.0 Å². The number of aromatic nitrogens is 3. The van der Waals surface area contributed by atoms with Gasteiger partial charge in [-0.25, -0.2) is 23.1 Å². The molecule has 4 N–H and O–H groups in total. The van der Waals surface area contributed by atoms with E-state index in [0.717, 1.165) is 18.4 Å². The number of ether oxygens (including phenoxy) is 1. The Morgan fingerprint density at radius 3 is 2.38 bits per heavy atom. The number of carbonyl (C=O) groups is 1. The molecule has 2 aromatic rings. The summed E-state index contributed by atoms with van der Waals surface area (Å²) in [4.78, 5) is 17.3. The van der Waals surface area contributed by atoms with Crippen molar-refractivity contribution in [2.24, 2.45) is 17.6 Å². The fourth-order valence-corrected chi connectivity index (χ4v) is 5.13. The van der Waals surface area contributed by atoms with E-state index in [-0.39, 0.29) is 50.1 Å². The van der Waals surface area contributed by atoms with Crippen LogP contribution in [0.5, 0.6) is 0 Å². The Bertz CT molecular complexity index is 1130. The van der Waals surface area contributed by atoms with Gasteiger partial charge >= 0.3 is 12.3 Å². The molecule has 8 nitrogen and oxygen atoms in total. The third-order valence-corrected chi connectivity index (χ3v) is 7.13. The van der Waals surface area contributed by atoms with E-state index in [1.165, 1.54) is 0 Å². The molecule has 0 bridgehead atoms. The van der Waals surface area contributed by atoms with Crippen LogP contribution in [-0.2, 0) is 4.74 Å². The molecule has 2 aliphatic carbocycles. The molecular formula is C26H37F5N6O2. The number of imidazole rings is 1. The molecule has 1 amide bonds. The van der Waals surface area contributed by atoms with Crippen molar-refractivity contribution in [1.82, 2.24) is 25.2 Å². The molecule has 0 spiro atoms. The largest absolute Gasteiger partial charge is 0.444 e. The van der Waals surface area contributed by atoms with Gasteiger partial charge in [-0.05, 0) is 69.9 Å². The summed E-state index contributed by atoms with van der Waals surface area (Å²) in [5, 5.41) is 10.5. The number of nitrogens with one attached hydrogen (secondary N) is 2. The molecule has 0 aromatic carbocycles. The third kappa shape index (κ3) is 8.47. The van der Waals surface area contributed by atoms with Crippen molar-refractivity contribution in [3.05, 3.63) is 29.7 Å². The lowest BCUT2D eigenvalue weighted by Crippen LogP contribution is -2.40. The van der Waals surface area contributed by atoms with Crippen LogP contribution in [0, 0.1) is 11.8 Å². The summed E-state index contributed by atoms with van der Waals surface area (Å²) in [6, 6.07) is -0.137. The van der Waals surface area contributed by atoms with Crippen molar-refractivity contribution < 1.29 is 31.5 Å². The lowest BCUT2D eigenvalue weighted by Gasteiger charge is -2.33. The third-order valence-electron chi connectivity index (χ3n) is 7.13. The summed E-state index contributed by atoms with van der Waals surface area (Å²) in [5.41, 5.74) is 6.68. The molecule has 0 radical (unpaired) electrons. The predicted octanol–water partition coefficient (Wildman–Crippen LogP) is 5.44. The lowest BCUT2D eigenvalue weighted by atomic mass is 9.81. The molecule has 39 heavy (non-hydrogen) atoms. The number of alkyl carbamates (subject to hydrolysis) is 1. The molecule has 0 aliphatic heterocycles. The minimum Gasteiger partial charge on any atom is -0.444 e. The highest BCUT2D eigenvalue weighted by Gasteiger charge is 2.40. The summed E-state index contributed by atoms with van der Waals surface area (Å²) in [6.07, 6.45) is -1.01. The minimum absolute atomic E-state index is 0.000254. The molecule has 2 aliphatic rings. The van der Waals surface area contributed by atoms with Gasteiger partial charge in [0.15, 0.2) is 5.65 Å². The van der Waals surface area contributed by atoms with Gasteiger partial charge in [0.2, 0.25) is 5.92 Å². The molecule has 0 saturated heterocycles. The van der Waals surface area contributed by atoms with Crippen LogP contribution in [0.1, 0.15) is 89.1 Å². The highest BCUT2D eigenvalue weighted by Crippen LogP contribution is 2.42. The van der Waals surface area contributed by atoms with Crippen LogP contribution in [0.15, 0.2) is 18.5 Å². The molecular weight excluding hydrogens is 523 g/mol. The van der Waals surface area contributed by atoms with E-state index >= 15 is 0 Å². The van der Waals surface area contributed by atoms with E-state index in [1.807, 2.05) is 0 Å². The second-order valence-corrected chi connectivity index (χ2v) is 11.9. The number of carbonyl (C=O) groups excluding carboxylic acids is 1. The maximum Gasteiger partial charge on any atom is 0.408 e. The van der Waals surface area contributed by atoms with E-state index in [9.17, 15) is 26.7 Å². The zero-order valence-corrected chi connectivity index (χ0v) is 22.4. The molecule has 2 aromatic heterocycles. The fraction of sp³-hybridized carbons (Fsp3) is 0.731. The number of halogens is 5. The van der Waals surface area contributed by atoms with Gasteiger partial charge in [-0.2, -0.15) is 18.3 Å². The van der Waals surface area contributed by atoms with Crippen LogP contribution in [0.4, 0.5) is 26.7 Å². The molecule has 4 rings (SSSR count). The van der Waals surface area contributed by atoms with Gasteiger partial charge in [0.1, 0.15) is 5.60 Å². The zero-order valence-electron chi connectivity index (χ0n) is 22.4. The van der Waals surface area contributed by atoms with Gasteiger partial charge in [0, 0.05) is 31.5 Å². The first-order chi connectivity index (χ1) is 18.1. The van der Waals surface area contributed by atoms with Crippen molar-refractivity contribution in [3.8, 4) is 0 Å². The van der Waals surface area contributed by atoms with Gasteiger partial charge in [-0.15, -0.1) is 0 Å². The normalized spacial score (nSPS) is 20.9. The smallest absolute Gasteiger partial charge is 0.408 e. The van der Waals surface area contributed by atoms with Crippen LogP contribution in [0.2, 0.25) is 0 Å². The molecule has 218 valence electrons. The van der Waals surface area contributed by atoms with Crippen molar-refractivity contribution in [2.75, 3.05) is 6.54 Å². The fourth-order valence-electron chi connectivity index (χ4n) is 5.13. The van der Waals surface area contributed by atoms with Crippen LogP contribution < -0.4 is 16.4 Å². The van der Waals surface area contributed by atoms with E-state index in [2.05, 4.69) is 20.7 Å². The number of nitrogens with two attached hydrogens (primary N) is 1. The molecule has 2 fully saturated rings. The summed E-state index contributed by atoms with van der Waals surface area (Å²) in [5.74, 6) is -2.74. The summed E-state index contributed by atoms with van der Waals surface area (Å²) >= 11 is 0. The molecule has 2 saturated carbocycles. The van der Waals surface area contributed by atoms with Gasteiger partial charge < -0.3 is 21.1 Å². The van der Waals surface area contributed by atoms with E-state index in [0.29, 0.717) is 11.3 Å². The summed E-state index contributed by atoms with van der Waals surface area (Å²) in [6.45, 7) is 5.21. The molecule has 3 atom stereocenters. The van der Waals surface area contributed by atoms with Crippen molar-refractivity contribution in [3.63, 3.8) is 0 Å². The SMILES string of the molecule is CC(C)(C)OC(=O)N[C@H](c1cn2ncc(C(NC[C@H](N)CC(F)(F)F)C3CC3)cc2n1)C1CCC(F)(F)CC1. The first-order valence-corrected chi connectivity index (χ1v) is 13.4. The average Bonchev–Trinajstić information content (AvgIpc) is 3.53. The van der Waals surface area contributed by atoms with Crippen LogP contribution in [0.3, 0.4) is 0 Å². The van der Waals surface area contributed by atoms with E-state index in [1.54, 1.807) is 43.7 Å². The number of rotatable bonds is 9. The molecule has 13 heteroatoms. The molecule has 2 heterocycles. The number of hydrogen-bond acceptors (Lipinski definition) is 6. The number of hydrogen-bond donors (Lipinski definition) is 3. The Morgan fingerprint density at radius 1 is 1.15 bits per heavy atom. The van der Waals surface area contributed by atoms with Gasteiger partial charge in [-0.3, -0.25) is 0 Å². The topological polar surface area (TPSA) is 107 Å². The second kappa shape index (κ2) is 11.1. The van der Waals surface area contributed by atoms with Gasteiger partial charge in [0.05, 0.1) is 30.6 Å². The van der Waals surface area contributed by atoms with Crippen molar-refractivity contribution >= 4 is 11.7 Å². The zero-order chi connectivity index (χ0) is 28.6. The van der Waals surface area contributed by atoms with Gasteiger partial charge in [-0.1, -0.05) is 0 Å². The Balaban J connectivity index is 1.55. The first-order valence-electron chi connectivity index (χ1n) is 13.4. The highest BCUT2D eigenvalue weighted by molar-refractivity contribution is 5.68. The Kier molecular flexibility index (Phi) is 8.42.